The standard InChI is InChI=1S/C26H37ClN2O2/c1-8-22(24(30)29-18-12-13-20(27)21(28)16-18)31-23-14-11-17(25(4,5)9-2)15-19(23)26(6,7)10-3/h11-16,22H,8-10,28H2,1-7H3,(H,29,30). The number of hydrogen-bond acceptors (Lipinski definition) is 3. The first-order valence-corrected chi connectivity index (χ1v) is 11.5. The van der Waals surface area contributed by atoms with Gasteiger partial charge in [0.15, 0.2) is 6.10 Å². The van der Waals surface area contributed by atoms with Crippen molar-refractivity contribution >= 4 is 28.9 Å². The van der Waals surface area contributed by atoms with E-state index in [0.717, 1.165) is 24.2 Å². The van der Waals surface area contributed by atoms with Crippen LogP contribution in [0.4, 0.5) is 11.4 Å². The quantitative estimate of drug-likeness (QED) is 0.405. The van der Waals surface area contributed by atoms with Crippen LogP contribution in [-0.2, 0) is 15.6 Å². The fourth-order valence-electron chi connectivity index (χ4n) is 3.30. The van der Waals surface area contributed by atoms with E-state index >= 15 is 0 Å². The largest absolute Gasteiger partial charge is 0.480 e. The highest BCUT2D eigenvalue weighted by molar-refractivity contribution is 6.33. The third-order valence-corrected chi connectivity index (χ3v) is 6.80. The number of benzene rings is 2. The minimum absolute atomic E-state index is 0.0748. The molecule has 5 heteroatoms. The number of carbonyl (C=O) groups excluding carboxylic acids is 1. The molecule has 0 spiro atoms. The molecule has 0 aliphatic heterocycles. The molecule has 2 rings (SSSR count). The molecule has 2 aromatic carbocycles. The Morgan fingerprint density at radius 2 is 1.68 bits per heavy atom. The molecule has 0 fully saturated rings. The van der Waals surface area contributed by atoms with Crippen molar-refractivity contribution in [3.8, 4) is 5.75 Å². The van der Waals surface area contributed by atoms with Crippen LogP contribution in [0.2, 0.25) is 5.02 Å². The monoisotopic (exact) mass is 444 g/mol. The highest BCUT2D eigenvalue weighted by atomic mass is 35.5. The molecular weight excluding hydrogens is 408 g/mol. The molecule has 31 heavy (non-hydrogen) atoms. The molecular formula is C26H37ClN2O2. The number of amides is 1. The highest BCUT2D eigenvalue weighted by Gasteiger charge is 2.28. The number of nitrogen functional groups attached to an aromatic ring is 1. The number of nitrogens with two attached hydrogens (primary N) is 1. The molecule has 3 N–H and O–H groups in total. The van der Waals surface area contributed by atoms with Gasteiger partial charge in [-0.2, -0.15) is 0 Å². The van der Waals surface area contributed by atoms with Crippen LogP contribution in [-0.4, -0.2) is 12.0 Å². The number of nitrogens with one attached hydrogen (secondary N) is 1. The van der Waals surface area contributed by atoms with Crippen molar-refractivity contribution in [3.05, 3.63) is 52.5 Å². The number of hydrogen-bond donors (Lipinski definition) is 2. The molecule has 2 aromatic rings. The summed E-state index contributed by atoms with van der Waals surface area (Å²) >= 11 is 5.98. The summed E-state index contributed by atoms with van der Waals surface area (Å²) in [5.74, 6) is 0.558. The molecule has 1 atom stereocenters. The lowest BCUT2D eigenvalue weighted by molar-refractivity contribution is -0.122. The summed E-state index contributed by atoms with van der Waals surface area (Å²) in [5, 5.41) is 3.36. The molecule has 0 aliphatic carbocycles. The fraction of sp³-hybridized carbons (Fsp3) is 0.500. The lowest BCUT2D eigenvalue weighted by atomic mass is 9.76. The van der Waals surface area contributed by atoms with Crippen LogP contribution < -0.4 is 15.8 Å². The van der Waals surface area contributed by atoms with Crippen LogP contribution in [0.1, 0.15) is 78.9 Å². The summed E-state index contributed by atoms with van der Waals surface area (Å²) in [6.07, 6.45) is 1.94. The van der Waals surface area contributed by atoms with Crippen molar-refractivity contribution in [3.63, 3.8) is 0 Å². The third-order valence-electron chi connectivity index (χ3n) is 6.45. The van der Waals surface area contributed by atoms with Crippen LogP contribution >= 0.6 is 11.6 Å². The molecule has 0 aromatic heterocycles. The number of ether oxygens (including phenoxy) is 1. The van der Waals surface area contributed by atoms with Gasteiger partial charge in [-0.1, -0.05) is 72.2 Å². The maximum Gasteiger partial charge on any atom is 0.265 e. The van der Waals surface area contributed by atoms with E-state index in [1.165, 1.54) is 5.56 Å². The van der Waals surface area contributed by atoms with E-state index in [0.29, 0.717) is 22.8 Å². The molecule has 0 aliphatic rings. The van der Waals surface area contributed by atoms with Crippen molar-refractivity contribution < 1.29 is 9.53 Å². The Morgan fingerprint density at radius 1 is 1.03 bits per heavy atom. The summed E-state index contributed by atoms with van der Waals surface area (Å²) in [7, 11) is 0. The highest BCUT2D eigenvalue weighted by Crippen LogP contribution is 2.39. The maximum atomic E-state index is 12.9. The van der Waals surface area contributed by atoms with Crippen molar-refractivity contribution in [2.24, 2.45) is 0 Å². The predicted molar refractivity (Wildman–Crippen MR) is 132 cm³/mol. The number of halogens is 1. The first-order chi connectivity index (χ1) is 14.4. The Bertz CT molecular complexity index is 922. The van der Waals surface area contributed by atoms with Gasteiger partial charge in [-0.25, -0.2) is 0 Å². The smallest absolute Gasteiger partial charge is 0.265 e. The van der Waals surface area contributed by atoms with E-state index in [1.807, 2.05) is 13.0 Å². The second kappa shape index (κ2) is 9.95. The molecule has 0 saturated heterocycles. The fourth-order valence-corrected chi connectivity index (χ4v) is 3.41. The van der Waals surface area contributed by atoms with Gasteiger partial charge in [-0.05, 0) is 59.9 Å². The summed E-state index contributed by atoms with van der Waals surface area (Å²) in [6.45, 7) is 15.3. The van der Waals surface area contributed by atoms with Gasteiger partial charge in [0, 0.05) is 11.3 Å². The Kier molecular flexibility index (Phi) is 8.04. The second-order valence-electron chi connectivity index (χ2n) is 9.43. The van der Waals surface area contributed by atoms with E-state index in [9.17, 15) is 4.79 Å². The van der Waals surface area contributed by atoms with E-state index in [1.54, 1.807) is 18.2 Å². The van der Waals surface area contributed by atoms with Gasteiger partial charge in [0.2, 0.25) is 0 Å². The first-order valence-electron chi connectivity index (χ1n) is 11.1. The summed E-state index contributed by atoms with van der Waals surface area (Å²) in [4.78, 5) is 12.9. The average molecular weight is 445 g/mol. The van der Waals surface area contributed by atoms with Gasteiger partial charge >= 0.3 is 0 Å². The zero-order chi connectivity index (χ0) is 23.4. The zero-order valence-corrected chi connectivity index (χ0v) is 20.7. The lowest BCUT2D eigenvalue weighted by Crippen LogP contribution is -2.33. The predicted octanol–water partition coefficient (Wildman–Crippen LogP) is 7.09. The van der Waals surface area contributed by atoms with Crippen molar-refractivity contribution in [1.82, 2.24) is 0 Å². The Labute approximate surface area is 192 Å². The van der Waals surface area contributed by atoms with Gasteiger partial charge < -0.3 is 15.8 Å². The van der Waals surface area contributed by atoms with Crippen LogP contribution in [0.25, 0.3) is 0 Å². The van der Waals surface area contributed by atoms with Gasteiger partial charge in [0.05, 0.1) is 10.7 Å². The minimum Gasteiger partial charge on any atom is -0.480 e. The van der Waals surface area contributed by atoms with Crippen LogP contribution in [0.15, 0.2) is 36.4 Å². The van der Waals surface area contributed by atoms with Gasteiger partial charge in [0.1, 0.15) is 5.75 Å². The van der Waals surface area contributed by atoms with Crippen LogP contribution in [0.5, 0.6) is 5.75 Å². The molecule has 1 amide bonds. The summed E-state index contributed by atoms with van der Waals surface area (Å²) in [6, 6.07) is 11.5. The Hall–Kier alpha value is -2.20. The molecule has 0 bridgehead atoms. The van der Waals surface area contributed by atoms with Crippen molar-refractivity contribution in [1.29, 1.82) is 0 Å². The molecule has 4 nitrogen and oxygen atoms in total. The normalized spacial score (nSPS) is 13.0. The summed E-state index contributed by atoms with van der Waals surface area (Å²) < 4.78 is 6.30. The Balaban J connectivity index is 2.34. The topological polar surface area (TPSA) is 64.3 Å². The maximum absolute atomic E-state index is 12.9. The van der Waals surface area contributed by atoms with Crippen molar-refractivity contribution in [2.45, 2.75) is 84.7 Å². The van der Waals surface area contributed by atoms with E-state index < -0.39 is 6.10 Å². The van der Waals surface area contributed by atoms with E-state index in [-0.39, 0.29) is 16.7 Å². The number of carbonyl (C=O) groups is 1. The van der Waals surface area contributed by atoms with Gasteiger partial charge in [-0.3, -0.25) is 4.79 Å². The van der Waals surface area contributed by atoms with Gasteiger partial charge in [-0.15, -0.1) is 0 Å². The zero-order valence-electron chi connectivity index (χ0n) is 19.9. The minimum atomic E-state index is -0.617. The van der Waals surface area contributed by atoms with E-state index in [4.69, 9.17) is 22.1 Å². The second-order valence-corrected chi connectivity index (χ2v) is 9.83. The van der Waals surface area contributed by atoms with Crippen molar-refractivity contribution in [2.75, 3.05) is 11.1 Å². The Morgan fingerprint density at radius 3 is 2.23 bits per heavy atom. The molecule has 0 radical (unpaired) electrons. The number of anilines is 2. The molecule has 1 unspecified atom stereocenters. The van der Waals surface area contributed by atoms with E-state index in [2.05, 4.69) is 59.0 Å². The number of rotatable bonds is 9. The summed E-state index contributed by atoms with van der Waals surface area (Å²) in [5.41, 5.74) is 9.31. The molecule has 0 saturated carbocycles. The molecule has 0 heterocycles. The first kappa shape index (κ1) is 25.1. The third kappa shape index (κ3) is 5.94. The van der Waals surface area contributed by atoms with Gasteiger partial charge in [0.25, 0.3) is 5.91 Å². The average Bonchev–Trinajstić information content (AvgIpc) is 2.74. The van der Waals surface area contributed by atoms with Crippen LogP contribution in [0.3, 0.4) is 0 Å². The SMILES string of the molecule is CCC(Oc1ccc(C(C)(C)CC)cc1C(C)(C)CC)C(=O)Nc1ccc(Cl)c(N)c1. The lowest BCUT2D eigenvalue weighted by Gasteiger charge is -2.31. The van der Waals surface area contributed by atoms with Crippen LogP contribution in [0, 0.1) is 0 Å². The molecule has 170 valence electrons.